The smallest absolute Gasteiger partial charge is 0.338 e. The average molecular weight is 329 g/mol. The van der Waals surface area contributed by atoms with Crippen LogP contribution >= 0.6 is 15.9 Å². The van der Waals surface area contributed by atoms with Crippen molar-refractivity contribution in [2.24, 2.45) is 0 Å². The maximum Gasteiger partial charge on any atom is 0.338 e. The Kier molecular flexibility index (Phi) is 6.56. The maximum absolute atomic E-state index is 11.5. The number of esters is 2. The van der Waals surface area contributed by atoms with Crippen molar-refractivity contribution in [3.63, 3.8) is 0 Å². The molecule has 0 fully saturated rings. The number of benzene rings is 1. The van der Waals surface area contributed by atoms with E-state index in [1.165, 1.54) is 7.11 Å². The number of ether oxygens (including phenoxy) is 2. The summed E-state index contributed by atoms with van der Waals surface area (Å²) in [5.74, 6) is -0.564. The summed E-state index contributed by atoms with van der Waals surface area (Å²) < 4.78 is 9.59. The molecule has 0 saturated carbocycles. The third kappa shape index (κ3) is 4.67. The molecule has 0 unspecified atom stereocenters. The summed E-state index contributed by atoms with van der Waals surface area (Å²) in [5.41, 5.74) is 2.39. The number of carbonyl (C=O) groups excluding carboxylic acids is 2. The molecule has 1 aromatic rings. The SMILES string of the molecule is CCOC(=O)CCc1ccc(C(=O)OC)c(CBr)c1. The van der Waals surface area contributed by atoms with Crippen LogP contribution in [0.5, 0.6) is 0 Å². The van der Waals surface area contributed by atoms with Gasteiger partial charge in [-0.05, 0) is 30.5 Å². The van der Waals surface area contributed by atoms with E-state index in [9.17, 15) is 9.59 Å². The Balaban J connectivity index is 2.77. The molecule has 0 bridgehead atoms. The van der Waals surface area contributed by atoms with Crippen molar-refractivity contribution >= 4 is 27.9 Å². The minimum Gasteiger partial charge on any atom is -0.466 e. The van der Waals surface area contributed by atoms with Crippen molar-refractivity contribution < 1.29 is 19.1 Å². The summed E-state index contributed by atoms with van der Waals surface area (Å²) in [6.45, 7) is 2.18. The van der Waals surface area contributed by atoms with Crippen LogP contribution in [0, 0.1) is 0 Å². The zero-order chi connectivity index (χ0) is 14.3. The topological polar surface area (TPSA) is 52.6 Å². The van der Waals surface area contributed by atoms with Crippen molar-refractivity contribution in [2.75, 3.05) is 13.7 Å². The van der Waals surface area contributed by atoms with Crippen molar-refractivity contribution in [2.45, 2.75) is 25.1 Å². The molecule has 1 rings (SSSR count). The van der Waals surface area contributed by atoms with Gasteiger partial charge < -0.3 is 9.47 Å². The fourth-order valence-electron chi connectivity index (χ4n) is 1.70. The van der Waals surface area contributed by atoms with Gasteiger partial charge in [-0.15, -0.1) is 0 Å². The van der Waals surface area contributed by atoms with Crippen LogP contribution in [0.4, 0.5) is 0 Å². The van der Waals surface area contributed by atoms with Gasteiger partial charge in [0.25, 0.3) is 0 Å². The number of rotatable bonds is 6. The first kappa shape index (κ1) is 15.7. The molecule has 0 saturated heterocycles. The first-order chi connectivity index (χ1) is 9.12. The normalized spacial score (nSPS) is 10.1. The van der Waals surface area contributed by atoms with E-state index in [1.807, 2.05) is 12.1 Å². The van der Waals surface area contributed by atoms with Crippen LogP contribution in [0.2, 0.25) is 0 Å². The largest absolute Gasteiger partial charge is 0.466 e. The van der Waals surface area contributed by atoms with Crippen molar-refractivity contribution in [1.82, 2.24) is 0 Å². The molecule has 19 heavy (non-hydrogen) atoms. The molecule has 0 aliphatic rings. The molecule has 5 heteroatoms. The Labute approximate surface area is 121 Å². The summed E-state index contributed by atoms with van der Waals surface area (Å²) in [5, 5.41) is 0.560. The summed E-state index contributed by atoms with van der Waals surface area (Å²) in [7, 11) is 1.36. The average Bonchev–Trinajstić information content (AvgIpc) is 2.44. The highest BCUT2D eigenvalue weighted by Crippen LogP contribution is 2.17. The Morgan fingerprint density at radius 3 is 2.63 bits per heavy atom. The fourth-order valence-corrected chi connectivity index (χ4v) is 2.17. The predicted molar refractivity (Wildman–Crippen MR) is 75.4 cm³/mol. The highest BCUT2D eigenvalue weighted by molar-refractivity contribution is 9.08. The van der Waals surface area contributed by atoms with Crippen molar-refractivity contribution in [3.05, 3.63) is 34.9 Å². The molecule has 0 heterocycles. The summed E-state index contributed by atoms with van der Waals surface area (Å²) >= 11 is 3.35. The van der Waals surface area contributed by atoms with Crippen molar-refractivity contribution in [1.29, 1.82) is 0 Å². The summed E-state index contributed by atoms with van der Waals surface area (Å²) in [6, 6.07) is 5.46. The standard InChI is InChI=1S/C14H17BrO4/c1-3-19-13(16)7-5-10-4-6-12(14(17)18-2)11(8-10)9-15/h4,6,8H,3,5,7,9H2,1-2H3. The van der Waals surface area contributed by atoms with E-state index in [4.69, 9.17) is 9.47 Å². The third-order valence-corrected chi connectivity index (χ3v) is 3.25. The van der Waals surface area contributed by atoms with Gasteiger partial charge in [0.05, 0.1) is 19.3 Å². The number of aryl methyl sites for hydroxylation is 1. The number of hydrogen-bond donors (Lipinski definition) is 0. The molecule has 0 aliphatic heterocycles. The monoisotopic (exact) mass is 328 g/mol. The fraction of sp³-hybridized carbons (Fsp3) is 0.429. The van der Waals surface area contributed by atoms with Crippen LogP contribution in [0.3, 0.4) is 0 Å². The number of methoxy groups -OCH3 is 1. The number of carbonyl (C=O) groups is 2. The van der Waals surface area contributed by atoms with Crippen LogP contribution < -0.4 is 0 Å². The van der Waals surface area contributed by atoms with Gasteiger partial charge >= 0.3 is 11.9 Å². The summed E-state index contributed by atoms with van der Waals surface area (Å²) in [6.07, 6.45) is 0.938. The van der Waals surface area contributed by atoms with Gasteiger partial charge in [-0.25, -0.2) is 4.79 Å². The molecule has 0 radical (unpaired) electrons. The van der Waals surface area contributed by atoms with Crippen LogP contribution in [0.15, 0.2) is 18.2 Å². The van der Waals surface area contributed by atoms with Gasteiger partial charge in [-0.1, -0.05) is 28.1 Å². The Morgan fingerprint density at radius 2 is 2.05 bits per heavy atom. The lowest BCUT2D eigenvalue weighted by molar-refractivity contribution is -0.143. The lowest BCUT2D eigenvalue weighted by Gasteiger charge is -2.08. The zero-order valence-electron chi connectivity index (χ0n) is 11.1. The van der Waals surface area contributed by atoms with E-state index in [-0.39, 0.29) is 11.9 Å². The van der Waals surface area contributed by atoms with E-state index in [2.05, 4.69) is 15.9 Å². The molecule has 0 aliphatic carbocycles. The molecule has 0 aromatic heterocycles. The van der Waals surface area contributed by atoms with Crippen LogP contribution in [-0.4, -0.2) is 25.7 Å². The van der Waals surface area contributed by atoms with Gasteiger partial charge in [0, 0.05) is 11.8 Å². The quantitative estimate of drug-likeness (QED) is 0.595. The van der Waals surface area contributed by atoms with E-state index in [0.29, 0.717) is 30.3 Å². The number of alkyl halides is 1. The highest BCUT2D eigenvalue weighted by atomic mass is 79.9. The zero-order valence-corrected chi connectivity index (χ0v) is 12.7. The lowest BCUT2D eigenvalue weighted by Crippen LogP contribution is -2.07. The van der Waals surface area contributed by atoms with Gasteiger partial charge in [0.15, 0.2) is 0 Å². The van der Waals surface area contributed by atoms with Gasteiger partial charge in [0.2, 0.25) is 0 Å². The van der Waals surface area contributed by atoms with Gasteiger partial charge in [0.1, 0.15) is 0 Å². The van der Waals surface area contributed by atoms with E-state index in [0.717, 1.165) is 11.1 Å². The van der Waals surface area contributed by atoms with E-state index in [1.54, 1.807) is 13.0 Å². The Morgan fingerprint density at radius 1 is 1.32 bits per heavy atom. The second-order valence-electron chi connectivity index (χ2n) is 3.92. The molecular formula is C14H17BrO4. The van der Waals surface area contributed by atoms with Gasteiger partial charge in [-0.2, -0.15) is 0 Å². The Bertz CT molecular complexity index is 457. The predicted octanol–water partition coefficient (Wildman–Crippen LogP) is 2.86. The van der Waals surface area contributed by atoms with Gasteiger partial charge in [-0.3, -0.25) is 4.79 Å². The van der Waals surface area contributed by atoms with Crippen molar-refractivity contribution in [3.8, 4) is 0 Å². The molecule has 0 spiro atoms. The van der Waals surface area contributed by atoms with E-state index >= 15 is 0 Å². The summed E-state index contributed by atoms with van der Waals surface area (Å²) in [4.78, 5) is 22.8. The first-order valence-corrected chi connectivity index (χ1v) is 7.16. The highest BCUT2D eigenvalue weighted by Gasteiger charge is 2.12. The molecular weight excluding hydrogens is 312 g/mol. The lowest BCUT2D eigenvalue weighted by atomic mass is 10.0. The molecule has 0 amide bonds. The van der Waals surface area contributed by atoms with Crippen LogP contribution in [0.1, 0.15) is 34.8 Å². The minimum absolute atomic E-state index is 0.208. The first-order valence-electron chi connectivity index (χ1n) is 6.04. The second kappa shape index (κ2) is 7.94. The molecule has 4 nitrogen and oxygen atoms in total. The number of hydrogen-bond acceptors (Lipinski definition) is 4. The second-order valence-corrected chi connectivity index (χ2v) is 4.48. The molecule has 0 atom stereocenters. The van der Waals surface area contributed by atoms with Crippen LogP contribution in [0.25, 0.3) is 0 Å². The van der Waals surface area contributed by atoms with Crippen LogP contribution in [-0.2, 0) is 26.0 Å². The maximum atomic E-state index is 11.5. The third-order valence-electron chi connectivity index (χ3n) is 2.64. The molecule has 104 valence electrons. The van der Waals surface area contributed by atoms with E-state index < -0.39 is 0 Å². The molecule has 0 N–H and O–H groups in total. The minimum atomic E-state index is -0.355. The molecule has 1 aromatic carbocycles. The Hall–Kier alpha value is -1.36. The number of halogens is 1.